The molecule has 3 aromatic rings. The number of rotatable bonds is 7. The number of nitrogens with zero attached hydrogens (tertiary/aromatic N) is 6. The largest absolute Gasteiger partial charge is 0.497 e. The summed E-state index contributed by atoms with van der Waals surface area (Å²) in [6, 6.07) is 7.41. The van der Waals surface area contributed by atoms with Crippen LogP contribution in [-0.2, 0) is 32.7 Å². The first-order valence-electron chi connectivity index (χ1n) is 13.3. The lowest BCUT2D eigenvalue weighted by atomic mass is 9.88. The Morgan fingerprint density at radius 2 is 1.82 bits per heavy atom. The fraction of sp³-hybridized carbons (Fsp3) is 0.429. The molecule has 1 aromatic carbocycles. The summed E-state index contributed by atoms with van der Waals surface area (Å²) in [5.74, 6) is 0.794. The van der Waals surface area contributed by atoms with Gasteiger partial charge in [0.1, 0.15) is 5.75 Å². The van der Waals surface area contributed by atoms with E-state index < -0.39 is 11.9 Å². The third kappa shape index (κ3) is 4.86. The van der Waals surface area contributed by atoms with Crippen molar-refractivity contribution >= 4 is 11.9 Å². The van der Waals surface area contributed by atoms with Crippen molar-refractivity contribution in [3.8, 4) is 16.9 Å². The van der Waals surface area contributed by atoms with Crippen LogP contribution in [-0.4, -0.2) is 74.1 Å². The van der Waals surface area contributed by atoms with Gasteiger partial charge in [0, 0.05) is 68.9 Å². The van der Waals surface area contributed by atoms with Gasteiger partial charge in [-0.3, -0.25) is 19.9 Å². The first-order valence-corrected chi connectivity index (χ1v) is 13.3. The molecule has 40 heavy (non-hydrogen) atoms. The van der Waals surface area contributed by atoms with Gasteiger partial charge in [-0.2, -0.15) is 18.3 Å². The van der Waals surface area contributed by atoms with Gasteiger partial charge in [0.15, 0.2) is 11.7 Å². The normalized spacial score (nSPS) is 17.6. The number of amides is 1. The number of aryl methyl sites for hydroxylation is 1. The van der Waals surface area contributed by atoms with E-state index in [1.165, 1.54) is 13.2 Å². The number of hydrogen-bond acceptors (Lipinski definition) is 5. The molecule has 2 aliphatic heterocycles. The second-order valence-electron chi connectivity index (χ2n) is 10.6. The number of guanidine groups is 1. The van der Waals surface area contributed by atoms with E-state index in [2.05, 4.69) is 15.0 Å². The minimum Gasteiger partial charge on any atom is -0.497 e. The Morgan fingerprint density at radius 3 is 2.55 bits per heavy atom. The van der Waals surface area contributed by atoms with Crippen LogP contribution in [0.25, 0.3) is 11.1 Å². The van der Waals surface area contributed by atoms with Crippen LogP contribution in [0.4, 0.5) is 13.2 Å². The number of halogens is 3. The summed E-state index contributed by atoms with van der Waals surface area (Å²) < 4.78 is 48.5. The number of pyridine rings is 1. The molecule has 9 nitrogen and oxygen atoms in total. The molecular formula is C28H30F3N7O2. The fourth-order valence-electron chi connectivity index (χ4n) is 5.69. The minimum atomic E-state index is -4.65. The third-order valence-corrected chi connectivity index (χ3v) is 7.77. The molecule has 1 aliphatic carbocycles. The van der Waals surface area contributed by atoms with Crippen LogP contribution in [0.15, 0.2) is 36.7 Å². The van der Waals surface area contributed by atoms with Crippen LogP contribution < -0.4 is 4.74 Å². The van der Waals surface area contributed by atoms with Crippen LogP contribution >= 0.6 is 0 Å². The molecule has 210 valence electrons. The Labute approximate surface area is 229 Å². The number of ether oxygens (including phenoxy) is 1. The molecule has 0 bridgehead atoms. The number of carbonyl (C=O) groups excluding carboxylic acids is 1. The first-order chi connectivity index (χ1) is 19.1. The van der Waals surface area contributed by atoms with Crippen LogP contribution in [0.1, 0.15) is 45.7 Å². The lowest BCUT2D eigenvalue weighted by Gasteiger charge is -2.31. The molecule has 0 spiro atoms. The number of nitrogens with one attached hydrogen (secondary N) is 1. The highest BCUT2D eigenvalue weighted by Gasteiger charge is 2.40. The van der Waals surface area contributed by atoms with E-state index >= 15 is 0 Å². The predicted octanol–water partition coefficient (Wildman–Crippen LogP) is 3.92. The molecule has 0 unspecified atom stereocenters. The van der Waals surface area contributed by atoms with Crippen molar-refractivity contribution in [1.29, 1.82) is 5.41 Å². The average Bonchev–Trinajstić information content (AvgIpc) is 3.59. The molecule has 0 atom stereocenters. The number of benzene rings is 1. The number of alkyl halides is 3. The van der Waals surface area contributed by atoms with Crippen molar-refractivity contribution in [1.82, 2.24) is 29.5 Å². The Morgan fingerprint density at radius 1 is 1.05 bits per heavy atom. The maximum absolute atomic E-state index is 14.0. The molecule has 4 heterocycles. The highest BCUT2D eigenvalue weighted by atomic mass is 19.4. The molecule has 0 radical (unpaired) electrons. The molecule has 1 saturated heterocycles. The van der Waals surface area contributed by atoms with Crippen LogP contribution in [0, 0.1) is 5.41 Å². The Bertz CT molecular complexity index is 1480. The molecule has 1 amide bonds. The second kappa shape index (κ2) is 9.83. The van der Waals surface area contributed by atoms with E-state index in [4.69, 9.17) is 10.1 Å². The van der Waals surface area contributed by atoms with Gasteiger partial charge in [-0.1, -0.05) is 0 Å². The maximum Gasteiger partial charge on any atom is 0.435 e. The topological polar surface area (TPSA) is 90.6 Å². The van der Waals surface area contributed by atoms with Crippen LogP contribution in [0.3, 0.4) is 0 Å². The van der Waals surface area contributed by atoms with Gasteiger partial charge in [0.25, 0.3) is 5.91 Å². The maximum atomic E-state index is 14.0. The zero-order valence-electron chi connectivity index (χ0n) is 22.3. The third-order valence-electron chi connectivity index (χ3n) is 7.77. The van der Waals surface area contributed by atoms with Crippen molar-refractivity contribution in [2.24, 2.45) is 7.05 Å². The number of fused-ring (bicyclic) bond motifs is 1. The number of aromatic nitrogens is 3. The van der Waals surface area contributed by atoms with Crippen molar-refractivity contribution in [3.63, 3.8) is 0 Å². The standard InChI is InChI=1S/C28H30F3N7O2/c1-35-16-24(25(34-35)28(29,30)31)22-11-17(14-37-9-10-38(27(37)32)19-3-4-19)12-23-21(22)6-8-36(26(23)39)15-18-13-20(40-2)5-7-33-18/h5,7,11-13,16,19,32H,3-4,6,8-10,14-15H2,1-2H3. The summed E-state index contributed by atoms with van der Waals surface area (Å²) in [5, 5.41) is 12.4. The van der Waals surface area contributed by atoms with Gasteiger partial charge in [0.2, 0.25) is 0 Å². The van der Waals surface area contributed by atoms with Gasteiger partial charge < -0.3 is 19.4 Å². The Kier molecular flexibility index (Phi) is 6.42. The zero-order chi connectivity index (χ0) is 28.2. The summed E-state index contributed by atoms with van der Waals surface area (Å²) in [5.41, 5.74) is 1.65. The second-order valence-corrected chi connectivity index (χ2v) is 10.6. The van der Waals surface area contributed by atoms with Crippen molar-refractivity contribution in [2.45, 2.75) is 44.6 Å². The zero-order valence-corrected chi connectivity index (χ0v) is 22.3. The predicted molar refractivity (Wildman–Crippen MR) is 141 cm³/mol. The van der Waals surface area contributed by atoms with Gasteiger partial charge in [-0.25, -0.2) is 0 Å². The van der Waals surface area contributed by atoms with Crippen molar-refractivity contribution in [2.75, 3.05) is 26.7 Å². The quantitative estimate of drug-likeness (QED) is 0.477. The van der Waals surface area contributed by atoms with Gasteiger partial charge >= 0.3 is 6.18 Å². The highest BCUT2D eigenvalue weighted by molar-refractivity contribution is 5.99. The number of carbonyl (C=O) groups is 1. The molecular weight excluding hydrogens is 523 g/mol. The smallest absolute Gasteiger partial charge is 0.435 e. The summed E-state index contributed by atoms with van der Waals surface area (Å²) in [4.78, 5) is 23.8. The van der Waals surface area contributed by atoms with Gasteiger partial charge in [0.05, 0.1) is 19.3 Å². The van der Waals surface area contributed by atoms with Crippen molar-refractivity contribution < 1.29 is 22.7 Å². The fourth-order valence-corrected chi connectivity index (χ4v) is 5.69. The van der Waals surface area contributed by atoms with E-state index in [-0.39, 0.29) is 18.0 Å². The molecule has 6 rings (SSSR count). The molecule has 3 aliphatic rings. The van der Waals surface area contributed by atoms with E-state index in [0.29, 0.717) is 71.8 Å². The van der Waals surface area contributed by atoms with E-state index in [1.54, 1.807) is 42.5 Å². The van der Waals surface area contributed by atoms with Crippen LogP contribution in [0.5, 0.6) is 5.75 Å². The summed E-state index contributed by atoms with van der Waals surface area (Å²) in [6.45, 7) is 2.33. The highest BCUT2D eigenvalue weighted by Crippen LogP contribution is 2.40. The lowest BCUT2D eigenvalue weighted by Crippen LogP contribution is -2.38. The molecule has 1 N–H and O–H groups in total. The SMILES string of the molecule is COc1ccnc(CN2CCc3c(cc(CN4CCN(C5CC5)C4=N)cc3-c3cn(C)nc3C(F)(F)F)C2=O)c1. The Hall–Kier alpha value is -4.09. The summed E-state index contributed by atoms with van der Waals surface area (Å²) in [7, 11) is 3.02. The van der Waals surface area contributed by atoms with Gasteiger partial charge in [-0.05, 0) is 54.2 Å². The van der Waals surface area contributed by atoms with Crippen LogP contribution in [0.2, 0.25) is 0 Å². The summed E-state index contributed by atoms with van der Waals surface area (Å²) >= 11 is 0. The molecule has 2 fully saturated rings. The molecule has 2 aromatic heterocycles. The average molecular weight is 554 g/mol. The first kappa shape index (κ1) is 26.1. The van der Waals surface area contributed by atoms with E-state index in [1.807, 2.05) is 4.90 Å². The number of hydrogen-bond donors (Lipinski definition) is 1. The monoisotopic (exact) mass is 553 g/mol. The lowest BCUT2D eigenvalue weighted by molar-refractivity contribution is -0.140. The van der Waals surface area contributed by atoms with E-state index in [9.17, 15) is 18.0 Å². The summed E-state index contributed by atoms with van der Waals surface area (Å²) in [6.07, 6.45) is 0.876. The van der Waals surface area contributed by atoms with Gasteiger partial charge in [-0.15, -0.1) is 0 Å². The van der Waals surface area contributed by atoms with E-state index in [0.717, 1.165) is 24.1 Å². The molecule has 1 saturated carbocycles. The molecule has 12 heteroatoms. The number of methoxy groups -OCH3 is 1. The minimum absolute atomic E-state index is 0.0417. The van der Waals surface area contributed by atoms with Crippen molar-refractivity contribution in [3.05, 3.63) is 64.7 Å². The Balaban J connectivity index is 1.39.